The van der Waals surface area contributed by atoms with Crippen LogP contribution in [0.5, 0.6) is 0 Å². The number of alkyl halides is 3. The molecule has 0 aliphatic heterocycles. The molecule has 0 saturated carbocycles. The molecule has 5 heteroatoms. The van der Waals surface area contributed by atoms with Gasteiger partial charge in [0.15, 0.2) is 5.78 Å². The number of carbonyl (C=O) groups is 1. The Morgan fingerprint density at radius 1 is 1.36 bits per heavy atom. The quantitative estimate of drug-likeness (QED) is 0.522. The van der Waals surface area contributed by atoms with Gasteiger partial charge >= 0.3 is 6.18 Å². The molecule has 14 heavy (non-hydrogen) atoms. The Kier molecular flexibility index (Phi) is 3.92. The largest absolute Gasteiger partial charge is 0.416 e. The molecule has 0 aliphatic rings. The van der Waals surface area contributed by atoms with Gasteiger partial charge in [-0.05, 0) is 6.92 Å². The van der Waals surface area contributed by atoms with E-state index < -0.39 is 23.1 Å². The number of allylic oxidation sites excluding steroid dienone is 2. The summed E-state index contributed by atoms with van der Waals surface area (Å²) < 4.78 is 36.6. The molecule has 0 saturated heterocycles. The highest BCUT2D eigenvalue weighted by Gasteiger charge is 2.35. The fourth-order valence-corrected chi connectivity index (χ4v) is 0.792. The summed E-state index contributed by atoms with van der Waals surface area (Å²) in [4.78, 5) is 12.3. The lowest BCUT2D eigenvalue weighted by atomic mass is 10.1. The third-order valence-corrected chi connectivity index (χ3v) is 1.43. The van der Waals surface area contributed by atoms with Crippen molar-refractivity contribution >= 4 is 5.78 Å². The van der Waals surface area contributed by atoms with Crippen LogP contribution in [0.2, 0.25) is 0 Å². The van der Waals surface area contributed by atoms with E-state index in [4.69, 9.17) is 0 Å². The van der Waals surface area contributed by atoms with Gasteiger partial charge in [-0.15, -0.1) is 0 Å². The van der Waals surface area contributed by atoms with E-state index in [0.29, 0.717) is 0 Å². The number of hydrogen-bond acceptors (Lipinski definition) is 2. The molecular weight excluding hydrogens is 195 g/mol. The van der Waals surface area contributed by atoms with E-state index >= 15 is 0 Å². The highest BCUT2D eigenvalue weighted by molar-refractivity contribution is 5.97. The average molecular weight is 207 g/mol. The minimum absolute atomic E-state index is 0.414. The minimum atomic E-state index is -4.56. The van der Waals surface area contributed by atoms with Gasteiger partial charge in [-0.25, -0.2) is 0 Å². The van der Waals surface area contributed by atoms with Crippen LogP contribution in [0, 0.1) is 0 Å². The van der Waals surface area contributed by atoms with Gasteiger partial charge in [-0.3, -0.25) is 4.79 Å². The Bertz CT molecular complexity index is 276. The first-order valence-electron chi connectivity index (χ1n) is 3.82. The summed E-state index contributed by atoms with van der Waals surface area (Å²) in [6.45, 7) is 3.94. The van der Waals surface area contributed by atoms with Crippen molar-refractivity contribution in [2.24, 2.45) is 0 Å². The van der Waals surface area contributed by atoms with Crippen LogP contribution in [0.4, 0.5) is 13.2 Å². The van der Waals surface area contributed by atoms with Crippen molar-refractivity contribution in [1.29, 1.82) is 0 Å². The summed E-state index contributed by atoms with van der Waals surface area (Å²) in [5, 5.41) is 0. The molecule has 0 bridgehead atoms. The fourth-order valence-electron chi connectivity index (χ4n) is 0.792. The zero-order valence-corrected chi connectivity index (χ0v) is 8.27. The molecule has 0 rings (SSSR count). The zero-order chi connectivity index (χ0) is 11.5. The molecule has 0 unspecified atom stereocenters. The van der Waals surface area contributed by atoms with Crippen LogP contribution in [0.1, 0.15) is 6.92 Å². The summed E-state index contributed by atoms with van der Waals surface area (Å²) in [6, 6.07) is 0. The van der Waals surface area contributed by atoms with Gasteiger partial charge in [0.05, 0.1) is 5.57 Å². The number of hydrogen-bond donors (Lipinski definition) is 0. The van der Waals surface area contributed by atoms with Crippen LogP contribution in [0.3, 0.4) is 0 Å². The van der Waals surface area contributed by atoms with Gasteiger partial charge in [0.25, 0.3) is 0 Å². The van der Waals surface area contributed by atoms with Gasteiger partial charge in [0.2, 0.25) is 0 Å². The molecule has 80 valence electrons. The SMILES string of the molecule is C=C(/C(=C\N(C)C)C(C)=O)C(F)(F)F. The second-order valence-electron chi connectivity index (χ2n) is 3.04. The predicted molar refractivity (Wildman–Crippen MR) is 47.6 cm³/mol. The van der Waals surface area contributed by atoms with Crippen LogP contribution >= 0.6 is 0 Å². The van der Waals surface area contributed by atoms with Crippen molar-refractivity contribution < 1.29 is 18.0 Å². The van der Waals surface area contributed by atoms with Crippen LogP contribution < -0.4 is 0 Å². The number of halogens is 3. The van der Waals surface area contributed by atoms with Gasteiger partial charge in [-0.1, -0.05) is 6.58 Å². The summed E-state index contributed by atoms with van der Waals surface area (Å²) in [5.41, 5.74) is -1.53. The summed E-state index contributed by atoms with van der Waals surface area (Å²) in [7, 11) is 3.07. The van der Waals surface area contributed by atoms with Crippen LogP contribution in [0.25, 0.3) is 0 Å². The molecule has 0 aromatic heterocycles. The molecule has 0 aliphatic carbocycles. The maximum atomic E-state index is 12.2. The maximum absolute atomic E-state index is 12.2. The fraction of sp³-hybridized carbons (Fsp3) is 0.444. The van der Waals surface area contributed by atoms with Crippen molar-refractivity contribution in [3.05, 3.63) is 23.9 Å². The normalized spacial score (nSPS) is 12.6. The van der Waals surface area contributed by atoms with E-state index in [-0.39, 0.29) is 0 Å². The number of ketones is 1. The van der Waals surface area contributed by atoms with Gasteiger partial charge < -0.3 is 4.90 Å². The molecule has 0 aromatic rings. The second-order valence-corrected chi connectivity index (χ2v) is 3.04. The molecule has 0 aromatic carbocycles. The van der Waals surface area contributed by atoms with E-state index in [1.54, 1.807) is 0 Å². The number of rotatable bonds is 3. The first-order chi connectivity index (χ1) is 6.16. The molecular formula is C9H12F3NO. The van der Waals surface area contributed by atoms with Gasteiger partial charge in [-0.2, -0.15) is 13.2 Å². The van der Waals surface area contributed by atoms with E-state index in [1.165, 1.54) is 19.0 Å². The van der Waals surface area contributed by atoms with Crippen LogP contribution in [-0.2, 0) is 4.79 Å². The van der Waals surface area contributed by atoms with E-state index in [9.17, 15) is 18.0 Å². The standard InChI is InChI=1S/C9H12F3NO/c1-6(9(10,11)12)8(7(2)14)5-13(3)4/h5H,1H2,2-4H3/b8-5+. The highest BCUT2D eigenvalue weighted by Crippen LogP contribution is 2.30. The molecule has 0 spiro atoms. The lowest BCUT2D eigenvalue weighted by Gasteiger charge is -2.14. The summed E-state index contributed by atoms with van der Waals surface area (Å²) >= 11 is 0. The Balaban J connectivity index is 5.06. The van der Waals surface area contributed by atoms with E-state index in [2.05, 4.69) is 6.58 Å². The Morgan fingerprint density at radius 2 is 1.79 bits per heavy atom. The predicted octanol–water partition coefficient (Wildman–Crippen LogP) is 2.14. The van der Waals surface area contributed by atoms with Gasteiger partial charge in [0, 0.05) is 25.9 Å². The summed E-state index contributed by atoms with van der Waals surface area (Å²) in [5.74, 6) is -0.652. The number of nitrogens with zero attached hydrogens (tertiary/aromatic N) is 1. The lowest BCUT2D eigenvalue weighted by Crippen LogP contribution is -2.18. The Hall–Kier alpha value is -1.26. The van der Waals surface area contributed by atoms with Crippen molar-refractivity contribution in [2.75, 3.05) is 14.1 Å². The average Bonchev–Trinajstić information content (AvgIpc) is 1.96. The number of carbonyl (C=O) groups excluding carboxylic acids is 1. The molecule has 0 radical (unpaired) electrons. The molecule has 0 amide bonds. The molecule has 0 N–H and O–H groups in total. The maximum Gasteiger partial charge on any atom is 0.416 e. The van der Waals surface area contributed by atoms with Crippen molar-refractivity contribution in [2.45, 2.75) is 13.1 Å². The van der Waals surface area contributed by atoms with E-state index in [0.717, 1.165) is 13.1 Å². The third-order valence-electron chi connectivity index (χ3n) is 1.43. The van der Waals surface area contributed by atoms with Crippen LogP contribution in [0.15, 0.2) is 23.9 Å². The second kappa shape index (κ2) is 4.30. The monoisotopic (exact) mass is 207 g/mol. The van der Waals surface area contributed by atoms with E-state index in [1.807, 2.05) is 0 Å². The first-order valence-corrected chi connectivity index (χ1v) is 3.82. The minimum Gasteiger partial charge on any atom is -0.383 e. The molecule has 0 fully saturated rings. The van der Waals surface area contributed by atoms with Crippen molar-refractivity contribution in [3.63, 3.8) is 0 Å². The van der Waals surface area contributed by atoms with Gasteiger partial charge in [0.1, 0.15) is 0 Å². The first kappa shape index (κ1) is 12.7. The Morgan fingerprint density at radius 3 is 2.00 bits per heavy atom. The molecule has 0 heterocycles. The van der Waals surface area contributed by atoms with Crippen molar-refractivity contribution in [3.8, 4) is 0 Å². The smallest absolute Gasteiger partial charge is 0.383 e. The highest BCUT2D eigenvalue weighted by atomic mass is 19.4. The molecule has 2 nitrogen and oxygen atoms in total. The van der Waals surface area contributed by atoms with Crippen molar-refractivity contribution in [1.82, 2.24) is 4.90 Å². The summed E-state index contributed by atoms with van der Waals surface area (Å²) in [6.07, 6.45) is -3.45. The van der Waals surface area contributed by atoms with Crippen LogP contribution in [-0.4, -0.2) is 31.0 Å². The number of Topliss-reactive ketones (excluding diaryl/α,β-unsaturated/α-hetero) is 1. The molecule has 0 atom stereocenters. The lowest BCUT2D eigenvalue weighted by molar-refractivity contribution is -0.116. The third kappa shape index (κ3) is 3.64. The zero-order valence-electron chi connectivity index (χ0n) is 8.27. The topological polar surface area (TPSA) is 20.3 Å². The Labute approximate surface area is 80.7 Å².